The number of aromatic nitrogens is 1. The van der Waals surface area contributed by atoms with Gasteiger partial charge < -0.3 is 4.90 Å². The highest BCUT2D eigenvalue weighted by atomic mass is 35.5. The zero-order valence-electron chi connectivity index (χ0n) is 17.1. The number of amides is 1. The van der Waals surface area contributed by atoms with Gasteiger partial charge in [0.15, 0.2) is 15.0 Å². The summed E-state index contributed by atoms with van der Waals surface area (Å²) in [4.78, 5) is 21.3. The Morgan fingerprint density at radius 2 is 1.80 bits per heavy atom. The van der Waals surface area contributed by atoms with Crippen LogP contribution in [0.5, 0.6) is 0 Å². The summed E-state index contributed by atoms with van der Waals surface area (Å²) >= 11 is 7.25. The van der Waals surface area contributed by atoms with Crippen molar-refractivity contribution in [1.29, 1.82) is 0 Å². The van der Waals surface area contributed by atoms with Crippen molar-refractivity contribution in [3.8, 4) is 0 Å². The second-order valence-electron chi connectivity index (χ2n) is 7.38. The van der Waals surface area contributed by atoms with Gasteiger partial charge in [-0.05, 0) is 75.9 Å². The van der Waals surface area contributed by atoms with Crippen molar-refractivity contribution in [1.82, 2.24) is 9.88 Å². The van der Waals surface area contributed by atoms with Crippen LogP contribution in [0.3, 0.4) is 0 Å². The van der Waals surface area contributed by atoms with Gasteiger partial charge in [0.05, 0.1) is 15.1 Å². The van der Waals surface area contributed by atoms with Gasteiger partial charge in [0.2, 0.25) is 5.91 Å². The van der Waals surface area contributed by atoms with E-state index < -0.39 is 21.5 Å². The van der Waals surface area contributed by atoms with E-state index in [-0.39, 0.29) is 4.90 Å². The van der Waals surface area contributed by atoms with Gasteiger partial charge in [-0.1, -0.05) is 29.0 Å². The Hall–Kier alpha value is -2.00. The summed E-state index contributed by atoms with van der Waals surface area (Å²) < 4.78 is 26.5. The second kappa shape index (κ2) is 9.43. The van der Waals surface area contributed by atoms with Crippen LogP contribution in [0.15, 0.2) is 47.4 Å². The molecular formula is C21H24ClN3O3S2. The van der Waals surface area contributed by atoms with E-state index in [1.165, 1.54) is 40.5 Å². The first-order valence-electron chi connectivity index (χ1n) is 9.46. The predicted octanol–water partition coefficient (Wildman–Crippen LogP) is 4.02. The lowest BCUT2D eigenvalue weighted by Crippen LogP contribution is -2.37. The van der Waals surface area contributed by atoms with Crippen LogP contribution in [-0.4, -0.2) is 57.1 Å². The maximum atomic E-state index is 13.1. The standard InChI is InChI=1S/C21H24ClN3O3S2/c1-15-5-10-18-19(13-15)29-21(23-18)25(12-4-11-24(2)3)20(26)14-30(27,28)17-8-6-16(22)7-9-17/h5-10,13H,4,11-12,14H2,1-3H3. The fourth-order valence-corrected chi connectivity index (χ4v) is 5.40. The monoisotopic (exact) mass is 465 g/mol. The van der Waals surface area contributed by atoms with Crippen LogP contribution in [0.25, 0.3) is 10.2 Å². The fraction of sp³-hybridized carbons (Fsp3) is 0.333. The molecule has 0 aliphatic heterocycles. The maximum Gasteiger partial charge on any atom is 0.244 e. The van der Waals surface area contributed by atoms with E-state index in [1.54, 1.807) is 0 Å². The quantitative estimate of drug-likeness (QED) is 0.502. The molecule has 0 spiro atoms. The summed E-state index contributed by atoms with van der Waals surface area (Å²) in [5.41, 5.74) is 1.90. The van der Waals surface area contributed by atoms with E-state index in [2.05, 4.69) is 4.98 Å². The lowest BCUT2D eigenvalue weighted by molar-refractivity contribution is -0.116. The summed E-state index contributed by atoms with van der Waals surface area (Å²) in [7, 11) is 0.121. The number of rotatable bonds is 8. The SMILES string of the molecule is Cc1ccc2nc(N(CCCN(C)C)C(=O)CS(=O)(=O)c3ccc(Cl)cc3)sc2c1. The molecule has 3 aromatic rings. The van der Waals surface area contributed by atoms with Crippen molar-refractivity contribution in [3.05, 3.63) is 53.1 Å². The number of hydrogen-bond acceptors (Lipinski definition) is 6. The number of nitrogens with zero attached hydrogens (tertiary/aromatic N) is 3. The molecule has 0 unspecified atom stereocenters. The smallest absolute Gasteiger partial charge is 0.244 e. The molecular weight excluding hydrogens is 442 g/mol. The van der Waals surface area contributed by atoms with Gasteiger partial charge in [-0.15, -0.1) is 0 Å². The highest BCUT2D eigenvalue weighted by molar-refractivity contribution is 7.92. The molecule has 0 fully saturated rings. The zero-order valence-corrected chi connectivity index (χ0v) is 19.5. The lowest BCUT2D eigenvalue weighted by Gasteiger charge is -2.21. The summed E-state index contributed by atoms with van der Waals surface area (Å²) in [5, 5.41) is 0.959. The molecule has 1 amide bonds. The molecule has 9 heteroatoms. The van der Waals surface area contributed by atoms with E-state index in [1.807, 2.05) is 44.1 Å². The number of aryl methyl sites for hydroxylation is 1. The number of carbonyl (C=O) groups is 1. The first kappa shape index (κ1) is 22.7. The third kappa shape index (κ3) is 5.57. The Kier molecular flexibility index (Phi) is 7.13. The van der Waals surface area contributed by atoms with Gasteiger partial charge in [0.25, 0.3) is 0 Å². The molecule has 3 rings (SSSR count). The third-order valence-electron chi connectivity index (χ3n) is 4.54. The van der Waals surface area contributed by atoms with E-state index in [4.69, 9.17) is 11.6 Å². The van der Waals surface area contributed by atoms with Crippen molar-refractivity contribution >= 4 is 54.0 Å². The highest BCUT2D eigenvalue weighted by Crippen LogP contribution is 2.30. The van der Waals surface area contributed by atoms with Crippen LogP contribution < -0.4 is 4.90 Å². The minimum atomic E-state index is -3.79. The van der Waals surface area contributed by atoms with E-state index in [0.29, 0.717) is 23.1 Å². The van der Waals surface area contributed by atoms with Crippen LogP contribution in [-0.2, 0) is 14.6 Å². The molecule has 0 saturated carbocycles. The molecule has 160 valence electrons. The van der Waals surface area contributed by atoms with Gasteiger partial charge in [0.1, 0.15) is 5.75 Å². The van der Waals surface area contributed by atoms with E-state index in [0.717, 1.165) is 22.3 Å². The number of sulfone groups is 1. The van der Waals surface area contributed by atoms with Crippen molar-refractivity contribution < 1.29 is 13.2 Å². The fourth-order valence-electron chi connectivity index (χ4n) is 2.97. The Balaban J connectivity index is 1.88. The lowest BCUT2D eigenvalue weighted by atomic mass is 10.2. The third-order valence-corrected chi connectivity index (χ3v) is 7.45. The number of carbonyl (C=O) groups excluding carboxylic acids is 1. The van der Waals surface area contributed by atoms with Gasteiger partial charge in [-0.3, -0.25) is 9.69 Å². The average molecular weight is 466 g/mol. The second-order valence-corrected chi connectivity index (χ2v) is 10.8. The van der Waals surface area contributed by atoms with Crippen molar-refractivity contribution in [2.24, 2.45) is 0 Å². The van der Waals surface area contributed by atoms with Crippen molar-refractivity contribution in [3.63, 3.8) is 0 Å². The first-order valence-corrected chi connectivity index (χ1v) is 12.3. The summed E-state index contributed by atoms with van der Waals surface area (Å²) in [6, 6.07) is 11.7. The molecule has 0 N–H and O–H groups in total. The van der Waals surface area contributed by atoms with Crippen molar-refractivity contribution in [2.45, 2.75) is 18.2 Å². The van der Waals surface area contributed by atoms with Crippen LogP contribution >= 0.6 is 22.9 Å². The summed E-state index contributed by atoms with van der Waals surface area (Å²) in [6.07, 6.45) is 0.703. The Bertz CT molecular complexity index is 1140. The number of thiazole rings is 1. The Morgan fingerprint density at radius 3 is 2.47 bits per heavy atom. The Labute approximate surface area is 186 Å². The van der Waals surface area contributed by atoms with Crippen LogP contribution in [0.4, 0.5) is 5.13 Å². The Morgan fingerprint density at radius 1 is 1.10 bits per heavy atom. The molecule has 0 aliphatic rings. The topological polar surface area (TPSA) is 70.6 Å². The number of benzene rings is 2. The molecule has 2 aromatic carbocycles. The number of hydrogen-bond donors (Lipinski definition) is 0. The highest BCUT2D eigenvalue weighted by Gasteiger charge is 2.26. The van der Waals surface area contributed by atoms with Gasteiger partial charge >= 0.3 is 0 Å². The zero-order chi connectivity index (χ0) is 21.9. The minimum absolute atomic E-state index is 0.0772. The van der Waals surface area contributed by atoms with E-state index >= 15 is 0 Å². The average Bonchev–Trinajstić information content (AvgIpc) is 3.07. The largest absolute Gasteiger partial charge is 0.309 e. The normalized spacial score (nSPS) is 11.9. The summed E-state index contributed by atoms with van der Waals surface area (Å²) in [6.45, 7) is 3.17. The number of anilines is 1. The molecule has 1 aromatic heterocycles. The van der Waals surface area contributed by atoms with Crippen LogP contribution in [0, 0.1) is 6.92 Å². The number of fused-ring (bicyclic) bond motifs is 1. The molecule has 0 bridgehead atoms. The molecule has 30 heavy (non-hydrogen) atoms. The molecule has 0 radical (unpaired) electrons. The molecule has 0 saturated heterocycles. The van der Waals surface area contributed by atoms with Crippen LogP contribution in [0.1, 0.15) is 12.0 Å². The van der Waals surface area contributed by atoms with Gasteiger partial charge in [-0.25, -0.2) is 13.4 Å². The molecule has 1 heterocycles. The van der Waals surface area contributed by atoms with Crippen LogP contribution in [0.2, 0.25) is 5.02 Å². The predicted molar refractivity (Wildman–Crippen MR) is 123 cm³/mol. The number of halogens is 1. The molecule has 0 atom stereocenters. The molecule has 0 aliphatic carbocycles. The van der Waals surface area contributed by atoms with Crippen molar-refractivity contribution in [2.75, 3.05) is 37.8 Å². The molecule has 6 nitrogen and oxygen atoms in total. The van der Waals surface area contributed by atoms with E-state index in [9.17, 15) is 13.2 Å². The minimum Gasteiger partial charge on any atom is -0.309 e. The van der Waals surface area contributed by atoms with Gasteiger partial charge in [0, 0.05) is 11.6 Å². The first-order chi connectivity index (χ1) is 14.2. The summed E-state index contributed by atoms with van der Waals surface area (Å²) in [5.74, 6) is -1.11. The maximum absolute atomic E-state index is 13.1. The van der Waals surface area contributed by atoms with Gasteiger partial charge in [-0.2, -0.15) is 0 Å².